The number of nitrogens with one attached hydrogen (secondary N) is 1. The van der Waals surface area contributed by atoms with Gasteiger partial charge in [0.15, 0.2) is 5.58 Å². The summed E-state index contributed by atoms with van der Waals surface area (Å²) < 4.78 is 5.05. The summed E-state index contributed by atoms with van der Waals surface area (Å²) in [6, 6.07) is 13.3. The number of benzene rings is 2. The van der Waals surface area contributed by atoms with Gasteiger partial charge >= 0.3 is 5.76 Å². The number of H-pyrrole nitrogens is 1. The minimum atomic E-state index is -0.446. The van der Waals surface area contributed by atoms with Crippen molar-refractivity contribution in [2.45, 2.75) is 0 Å². The molecule has 1 aliphatic heterocycles. The van der Waals surface area contributed by atoms with Crippen molar-refractivity contribution in [1.82, 2.24) is 9.88 Å². The SMILES string of the molecule is CN(C)c1ccc(C(=O)N2CCN(c3ccc4oc(=O)[nH]c4c3)CC2)cc1. The van der Waals surface area contributed by atoms with Crippen molar-refractivity contribution in [3.8, 4) is 0 Å². The summed E-state index contributed by atoms with van der Waals surface area (Å²) >= 11 is 0. The normalized spacial score (nSPS) is 14.6. The van der Waals surface area contributed by atoms with E-state index in [4.69, 9.17) is 4.42 Å². The largest absolute Gasteiger partial charge is 0.417 e. The third kappa shape index (κ3) is 3.40. The molecular formula is C20H22N4O3. The first-order valence-corrected chi connectivity index (χ1v) is 8.96. The van der Waals surface area contributed by atoms with Crippen LogP contribution in [0.5, 0.6) is 0 Å². The minimum Gasteiger partial charge on any atom is -0.408 e. The fourth-order valence-electron chi connectivity index (χ4n) is 3.39. The van der Waals surface area contributed by atoms with Crippen molar-refractivity contribution in [2.24, 2.45) is 0 Å². The average molecular weight is 366 g/mol. The maximum Gasteiger partial charge on any atom is 0.417 e. The lowest BCUT2D eigenvalue weighted by Crippen LogP contribution is -2.48. The highest BCUT2D eigenvalue weighted by molar-refractivity contribution is 5.94. The molecule has 1 aliphatic rings. The quantitative estimate of drug-likeness (QED) is 0.769. The number of aromatic nitrogens is 1. The molecule has 2 heterocycles. The van der Waals surface area contributed by atoms with Gasteiger partial charge in [0.1, 0.15) is 0 Å². The number of carbonyl (C=O) groups excluding carboxylic acids is 1. The van der Waals surface area contributed by atoms with Crippen LogP contribution in [0.4, 0.5) is 11.4 Å². The van der Waals surface area contributed by atoms with E-state index in [1.165, 1.54) is 0 Å². The van der Waals surface area contributed by atoms with E-state index in [1.807, 2.05) is 60.3 Å². The zero-order valence-electron chi connectivity index (χ0n) is 15.4. The highest BCUT2D eigenvalue weighted by Gasteiger charge is 2.22. The van der Waals surface area contributed by atoms with Crippen LogP contribution in [0.15, 0.2) is 51.7 Å². The number of amides is 1. The van der Waals surface area contributed by atoms with Crippen molar-refractivity contribution < 1.29 is 9.21 Å². The Balaban J connectivity index is 1.43. The number of hydrogen-bond acceptors (Lipinski definition) is 5. The van der Waals surface area contributed by atoms with Crippen LogP contribution in [-0.4, -0.2) is 56.1 Å². The molecule has 140 valence electrons. The van der Waals surface area contributed by atoms with Crippen molar-refractivity contribution in [3.05, 3.63) is 58.6 Å². The molecule has 0 saturated carbocycles. The van der Waals surface area contributed by atoms with E-state index in [0.717, 1.165) is 24.5 Å². The van der Waals surface area contributed by atoms with Gasteiger partial charge in [-0.2, -0.15) is 0 Å². The summed E-state index contributed by atoms with van der Waals surface area (Å²) in [6.45, 7) is 2.81. The number of carbonyl (C=O) groups is 1. The Morgan fingerprint density at radius 1 is 1.04 bits per heavy atom. The van der Waals surface area contributed by atoms with Crippen LogP contribution in [-0.2, 0) is 0 Å². The summed E-state index contributed by atoms with van der Waals surface area (Å²) in [5, 5.41) is 0. The van der Waals surface area contributed by atoms with Gasteiger partial charge in [0.25, 0.3) is 5.91 Å². The number of aromatic amines is 1. The van der Waals surface area contributed by atoms with Crippen LogP contribution in [0.3, 0.4) is 0 Å². The van der Waals surface area contributed by atoms with Crippen LogP contribution in [0.1, 0.15) is 10.4 Å². The molecule has 3 aromatic rings. The van der Waals surface area contributed by atoms with E-state index in [9.17, 15) is 9.59 Å². The second kappa shape index (κ2) is 6.83. The second-order valence-electron chi connectivity index (χ2n) is 6.92. The first-order chi connectivity index (χ1) is 13.0. The summed E-state index contributed by atoms with van der Waals surface area (Å²) in [7, 11) is 3.96. The second-order valence-corrected chi connectivity index (χ2v) is 6.92. The number of hydrogen-bond donors (Lipinski definition) is 1. The molecule has 1 N–H and O–H groups in total. The standard InChI is InChI=1S/C20H22N4O3/c1-22(2)15-5-3-14(4-6-15)19(25)24-11-9-23(10-12-24)16-7-8-18-17(13-16)21-20(26)27-18/h3-8,13H,9-12H2,1-2H3,(H,21,26). The number of anilines is 2. The van der Waals surface area contributed by atoms with E-state index in [-0.39, 0.29) is 5.91 Å². The van der Waals surface area contributed by atoms with Crippen molar-refractivity contribution in [2.75, 3.05) is 50.1 Å². The average Bonchev–Trinajstić information content (AvgIpc) is 3.07. The topological polar surface area (TPSA) is 72.8 Å². The molecule has 7 nitrogen and oxygen atoms in total. The number of fused-ring (bicyclic) bond motifs is 1. The molecule has 2 aromatic carbocycles. The fourth-order valence-corrected chi connectivity index (χ4v) is 3.39. The molecule has 1 fully saturated rings. The lowest BCUT2D eigenvalue weighted by atomic mass is 10.1. The van der Waals surface area contributed by atoms with E-state index in [2.05, 4.69) is 9.88 Å². The predicted octanol–water partition coefficient (Wildman–Crippen LogP) is 2.15. The van der Waals surface area contributed by atoms with Gasteiger partial charge < -0.3 is 19.1 Å². The Bertz CT molecular complexity index is 1010. The highest BCUT2D eigenvalue weighted by Crippen LogP contribution is 2.22. The van der Waals surface area contributed by atoms with Crippen LogP contribution >= 0.6 is 0 Å². The maximum atomic E-state index is 12.7. The van der Waals surface area contributed by atoms with Gasteiger partial charge in [-0.15, -0.1) is 0 Å². The lowest BCUT2D eigenvalue weighted by molar-refractivity contribution is 0.0747. The van der Waals surface area contributed by atoms with Gasteiger partial charge in [-0.1, -0.05) is 0 Å². The van der Waals surface area contributed by atoms with Crippen LogP contribution in [0.2, 0.25) is 0 Å². The Morgan fingerprint density at radius 2 is 1.74 bits per heavy atom. The number of nitrogens with zero attached hydrogens (tertiary/aromatic N) is 3. The summed E-state index contributed by atoms with van der Waals surface area (Å²) in [5.74, 6) is -0.382. The lowest BCUT2D eigenvalue weighted by Gasteiger charge is -2.36. The predicted molar refractivity (Wildman–Crippen MR) is 106 cm³/mol. The van der Waals surface area contributed by atoms with Gasteiger partial charge in [-0.05, 0) is 42.5 Å². The highest BCUT2D eigenvalue weighted by atomic mass is 16.4. The Labute approximate surface area is 156 Å². The van der Waals surface area contributed by atoms with Crippen molar-refractivity contribution in [1.29, 1.82) is 0 Å². The molecule has 4 rings (SSSR count). The molecule has 0 bridgehead atoms. The number of piperazine rings is 1. The van der Waals surface area contributed by atoms with Gasteiger partial charge in [0.2, 0.25) is 0 Å². The molecular weight excluding hydrogens is 344 g/mol. The van der Waals surface area contributed by atoms with Crippen LogP contribution in [0, 0.1) is 0 Å². The Kier molecular flexibility index (Phi) is 4.35. The number of oxazole rings is 1. The summed E-state index contributed by atoms with van der Waals surface area (Å²) in [5.41, 5.74) is 4.05. The monoisotopic (exact) mass is 366 g/mol. The first-order valence-electron chi connectivity index (χ1n) is 8.96. The van der Waals surface area contributed by atoms with Gasteiger partial charge in [-0.25, -0.2) is 4.79 Å². The molecule has 0 spiro atoms. The van der Waals surface area contributed by atoms with Gasteiger partial charge in [0.05, 0.1) is 5.52 Å². The Hall–Kier alpha value is -3.22. The minimum absolute atomic E-state index is 0.0644. The molecule has 0 unspecified atom stereocenters. The zero-order chi connectivity index (χ0) is 19.0. The molecule has 0 atom stereocenters. The summed E-state index contributed by atoms with van der Waals surface area (Å²) in [6.07, 6.45) is 0. The molecule has 7 heteroatoms. The van der Waals surface area contributed by atoms with E-state index >= 15 is 0 Å². The first kappa shape index (κ1) is 17.2. The Morgan fingerprint density at radius 3 is 2.41 bits per heavy atom. The number of rotatable bonds is 3. The van der Waals surface area contributed by atoms with Crippen LogP contribution in [0.25, 0.3) is 11.1 Å². The smallest absolute Gasteiger partial charge is 0.408 e. The molecule has 1 saturated heterocycles. The van der Waals surface area contributed by atoms with E-state index in [1.54, 1.807) is 6.07 Å². The van der Waals surface area contributed by atoms with Crippen molar-refractivity contribution >= 4 is 28.4 Å². The molecule has 0 radical (unpaired) electrons. The molecule has 0 aliphatic carbocycles. The molecule has 27 heavy (non-hydrogen) atoms. The van der Waals surface area contributed by atoms with E-state index in [0.29, 0.717) is 29.8 Å². The summed E-state index contributed by atoms with van der Waals surface area (Å²) in [4.78, 5) is 32.8. The maximum absolute atomic E-state index is 12.7. The fraction of sp³-hybridized carbons (Fsp3) is 0.300. The zero-order valence-corrected chi connectivity index (χ0v) is 15.4. The molecule has 1 aromatic heterocycles. The van der Waals surface area contributed by atoms with Crippen molar-refractivity contribution in [3.63, 3.8) is 0 Å². The van der Waals surface area contributed by atoms with Gasteiger partial charge in [-0.3, -0.25) is 9.78 Å². The van der Waals surface area contributed by atoms with E-state index < -0.39 is 5.76 Å². The third-order valence-corrected chi connectivity index (χ3v) is 4.97. The molecule has 1 amide bonds. The van der Waals surface area contributed by atoms with Crippen LogP contribution < -0.4 is 15.6 Å². The van der Waals surface area contributed by atoms with Gasteiger partial charge in [0, 0.05) is 57.2 Å². The third-order valence-electron chi connectivity index (χ3n) is 4.97.